The molecule has 1 rings (SSSR count). The Morgan fingerprint density at radius 1 is 1.35 bits per heavy atom. The normalized spacial score (nSPS) is 12.3. The van der Waals surface area contributed by atoms with Gasteiger partial charge in [0.2, 0.25) is 0 Å². The van der Waals surface area contributed by atoms with Crippen molar-refractivity contribution >= 4 is 5.91 Å². The molecule has 6 heteroatoms. The van der Waals surface area contributed by atoms with Crippen molar-refractivity contribution in [2.24, 2.45) is 5.73 Å². The van der Waals surface area contributed by atoms with Crippen LogP contribution in [0.15, 0.2) is 12.1 Å². The fourth-order valence-corrected chi connectivity index (χ4v) is 1.87. The van der Waals surface area contributed by atoms with E-state index in [0.717, 1.165) is 0 Å². The van der Waals surface area contributed by atoms with Crippen molar-refractivity contribution in [2.75, 3.05) is 6.54 Å². The second kappa shape index (κ2) is 7.19. The molecule has 1 unspecified atom stereocenters. The van der Waals surface area contributed by atoms with Crippen LogP contribution in [0.5, 0.6) is 5.75 Å². The fourth-order valence-electron chi connectivity index (χ4n) is 1.87. The second-order valence-electron chi connectivity index (χ2n) is 4.84. The third-order valence-electron chi connectivity index (χ3n) is 2.81. The van der Waals surface area contributed by atoms with Crippen molar-refractivity contribution in [2.45, 2.75) is 39.8 Å². The van der Waals surface area contributed by atoms with Gasteiger partial charge >= 0.3 is 6.61 Å². The number of rotatable bonds is 6. The number of alkyl halides is 2. The first kappa shape index (κ1) is 16.4. The maximum atomic E-state index is 12.3. The molecule has 20 heavy (non-hydrogen) atoms. The summed E-state index contributed by atoms with van der Waals surface area (Å²) in [5, 5.41) is 2.74. The number of carbonyl (C=O) groups is 1. The van der Waals surface area contributed by atoms with Crippen LogP contribution in [0.2, 0.25) is 0 Å². The molecule has 3 N–H and O–H groups in total. The van der Waals surface area contributed by atoms with Gasteiger partial charge in [0, 0.05) is 18.2 Å². The van der Waals surface area contributed by atoms with Crippen molar-refractivity contribution in [1.82, 2.24) is 5.32 Å². The highest BCUT2D eigenvalue weighted by atomic mass is 19.3. The minimum Gasteiger partial charge on any atom is -0.434 e. The van der Waals surface area contributed by atoms with E-state index in [2.05, 4.69) is 10.1 Å². The Morgan fingerprint density at radius 3 is 2.35 bits per heavy atom. The molecule has 0 saturated carbocycles. The van der Waals surface area contributed by atoms with E-state index < -0.39 is 6.61 Å². The monoisotopic (exact) mass is 286 g/mol. The largest absolute Gasteiger partial charge is 0.434 e. The van der Waals surface area contributed by atoms with E-state index in [9.17, 15) is 13.6 Å². The lowest BCUT2D eigenvalue weighted by Crippen LogP contribution is -2.29. The van der Waals surface area contributed by atoms with E-state index in [-0.39, 0.29) is 17.7 Å². The molecule has 0 fully saturated rings. The molecule has 0 spiro atoms. The van der Waals surface area contributed by atoms with Crippen molar-refractivity contribution in [1.29, 1.82) is 0 Å². The zero-order valence-corrected chi connectivity index (χ0v) is 11.9. The molecular formula is C14H20F2N2O2. The molecular weight excluding hydrogens is 266 g/mol. The number of halogens is 2. The molecule has 0 aliphatic heterocycles. The summed E-state index contributed by atoms with van der Waals surface area (Å²) < 4.78 is 29.0. The standard InChI is InChI=1S/C14H20F2N2O2/c1-8-6-11(13(19)18-5-4-10(3)17)7-9(2)12(8)20-14(15)16/h6-7,10,14H,4-5,17H2,1-3H3,(H,18,19). The summed E-state index contributed by atoms with van der Waals surface area (Å²) in [5.41, 5.74) is 7.02. The Kier molecular flexibility index (Phi) is 5.88. The average molecular weight is 286 g/mol. The molecule has 0 bridgehead atoms. The highest BCUT2D eigenvalue weighted by Crippen LogP contribution is 2.26. The molecule has 0 radical (unpaired) electrons. The topological polar surface area (TPSA) is 64.4 Å². The van der Waals surface area contributed by atoms with E-state index in [0.29, 0.717) is 29.7 Å². The smallest absolute Gasteiger partial charge is 0.387 e. The number of nitrogens with two attached hydrogens (primary N) is 1. The number of benzene rings is 1. The number of aryl methyl sites for hydroxylation is 2. The van der Waals surface area contributed by atoms with Crippen LogP contribution >= 0.6 is 0 Å². The van der Waals surface area contributed by atoms with Crippen molar-refractivity contribution < 1.29 is 18.3 Å². The number of ether oxygens (including phenoxy) is 1. The van der Waals surface area contributed by atoms with Gasteiger partial charge in [0.15, 0.2) is 0 Å². The van der Waals surface area contributed by atoms with Gasteiger partial charge in [0.05, 0.1) is 0 Å². The van der Waals surface area contributed by atoms with Crippen molar-refractivity contribution in [3.05, 3.63) is 28.8 Å². The zero-order valence-electron chi connectivity index (χ0n) is 11.9. The number of hydrogen-bond acceptors (Lipinski definition) is 3. The van der Waals surface area contributed by atoms with Crippen molar-refractivity contribution in [3.63, 3.8) is 0 Å². The van der Waals surface area contributed by atoms with Gasteiger partial charge in [-0.1, -0.05) is 0 Å². The van der Waals surface area contributed by atoms with Crippen LogP contribution in [0.3, 0.4) is 0 Å². The highest BCUT2D eigenvalue weighted by molar-refractivity contribution is 5.94. The molecule has 0 saturated heterocycles. The third kappa shape index (κ3) is 4.77. The van der Waals surface area contributed by atoms with Crippen molar-refractivity contribution in [3.8, 4) is 5.75 Å². The van der Waals surface area contributed by atoms with Crippen LogP contribution in [-0.4, -0.2) is 25.1 Å². The minimum absolute atomic E-state index is 0.0144. The Morgan fingerprint density at radius 2 is 1.90 bits per heavy atom. The van der Waals surface area contributed by atoms with Gasteiger partial charge in [-0.05, 0) is 50.5 Å². The Balaban J connectivity index is 2.79. The Bertz CT molecular complexity index is 453. The molecule has 0 aliphatic rings. The van der Waals surface area contributed by atoms with E-state index in [1.165, 1.54) is 12.1 Å². The van der Waals surface area contributed by atoms with Crippen LogP contribution in [-0.2, 0) is 0 Å². The Hall–Kier alpha value is -1.69. The quantitative estimate of drug-likeness (QED) is 0.844. The highest BCUT2D eigenvalue weighted by Gasteiger charge is 2.14. The number of carbonyl (C=O) groups excluding carboxylic acids is 1. The lowest BCUT2D eigenvalue weighted by atomic mass is 10.1. The maximum absolute atomic E-state index is 12.3. The van der Waals surface area contributed by atoms with Gasteiger partial charge in [-0.15, -0.1) is 0 Å². The summed E-state index contributed by atoms with van der Waals surface area (Å²) in [7, 11) is 0. The van der Waals surface area contributed by atoms with Crippen LogP contribution < -0.4 is 15.8 Å². The zero-order chi connectivity index (χ0) is 15.3. The Labute approximate surface area is 117 Å². The predicted octanol–water partition coefficient (Wildman–Crippen LogP) is 2.37. The van der Waals surface area contributed by atoms with Gasteiger partial charge in [-0.25, -0.2) is 0 Å². The van der Waals surface area contributed by atoms with Gasteiger partial charge < -0.3 is 15.8 Å². The first-order valence-electron chi connectivity index (χ1n) is 6.41. The maximum Gasteiger partial charge on any atom is 0.387 e. The average Bonchev–Trinajstić information content (AvgIpc) is 2.32. The van der Waals surface area contributed by atoms with Crippen LogP contribution in [0, 0.1) is 13.8 Å². The van der Waals surface area contributed by atoms with E-state index in [4.69, 9.17) is 5.73 Å². The molecule has 0 heterocycles. The van der Waals surface area contributed by atoms with Crippen LogP contribution in [0.25, 0.3) is 0 Å². The van der Waals surface area contributed by atoms with Gasteiger partial charge in [0.1, 0.15) is 5.75 Å². The number of amides is 1. The summed E-state index contributed by atoms with van der Waals surface area (Å²) in [4.78, 5) is 11.9. The summed E-state index contributed by atoms with van der Waals surface area (Å²) in [5.74, 6) is -0.132. The van der Waals surface area contributed by atoms with E-state index >= 15 is 0 Å². The van der Waals surface area contributed by atoms with E-state index in [1.807, 2.05) is 6.92 Å². The molecule has 0 aromatic heterocycles. The lowest BCUT2D eigenvalue weighted by Gasteiger charge is -2.13. The summed E-state index contributed by atoms with van der Waals surface area (Å²) >= 11 is 0. The first-order chi connectivity index (χ1) is 9.31. The number of hydrogen-bond donors (Lipinski definition) is 2. The lowest BCUT2D eigenvalue weighted by molar-refractivity contribution is -0.0507. The summed E-state index contributed by atoms with van der Waals surface area (Å²) in [6.07, 6.45) is 0.677. The van der Waals surface area contributed by atoms with E-state index in [1.54, 1.807) is 13.8 Å². The first-order valence-corrected chi connectivity index (χ1v) is 6.41. The minimum atomic E-state index is -2.88. The predicted molar refractivity (Wildman–Crippen MR) is 73.1 cm³/mol. The summed E-state index contributed by atoms with van der Waals surface area (Å²) in [6, 6.07) is 3.08. The van der Waals surface area contributed by atoms with Crippen LogP contribution in [0.1, 0.15) is 34.8 Å². The SMILES string of the molecule is Cc1cc(C(=O)NCCC(C)N)cc(C)c1OC(F)F. The number of nitrogens with one attached hydrogen (secondary N) is 1. The molecule has 1 aromatic carbocycles. The summed E-state index contributed by atoms with van der Waals surface area (Å²) in [6.45, 7) is 2.71. The fraction of sp³-hybridized carbons (Fsp3) is 0.500. The second-order valence-corrected chi connectivity index (χ2v) is 4.84. The molecule has 112 valence electrons. The molecule has 0 aliphatic carbocycles. The molecule has 1 amide bonds. The van der Waals surface area contributed by atoms with Crippen LogP contribution in [0.4, 0.5) is 8.78 Å². The third-order valence-corrected chi connectivity index (χ3v) is 2.81. The van der Waals surface area contributed by atoms with Gasteiger partial charge in [-0.2, -0.15) is 8.78 Å². The van der Waals surface area contributed by atoms with Gasteiger partial charge in [-0.3, -0.25) is 4.79 Å². The van der Waals surface area contributed by atoms with Gasteiger partial charge in [0.25, 0.3) is 5.91 Å². The molecule has 1 aromatic rings. The molecule has 4 nitrogen and oxygen atoms in total. The molecule has 1 atom stereocenters.